The summed E-state index contributed by atoms with van der Waals surface area (Å²) in [6.45, 7) is 8.82. The lowest BCUT2D eigenvalue weighted by molar-refractivity contribution is 0.177. The van der Waals surface area contributed by atoms with Crippen molar-refractivity contribution in [2.75, 3.05) is 32.8 Å². The average Bonchev–Trinajstić information content (AvgIpc) is 2.41. The minimum absolute atomic E-state index is 0.0125. The highest BCUT2D eigenvalue weighted by Gasteiger charge is 2.18. The lowest BCUT2D eigenvalue weighted by Gasteiger charge is -2.32. The Labute approximate surface area is 109 Å². The Morgan fingerprint density at radius 1 is 1.39 bits per heavy atom. The van der Waals surface area contributed by atoms with Crippen molar-refractivity contribution < 1.29 is 4.74 Å². The summed E-state index contributed by atoms with van der Waals surface area (Å²) in [5.74, 6) is 0.953. The second kappa shape index (κ2) is 6.18. The Morgan fingerprint density at radius 3 is 2.72 bits per heavy atom. The Hall–Kier alpha value is -1.10. The van der Waals surface area contributed by atoms with E-state index < -0.39 is 0 Å². The van der Waals surface area contributed by atoms with Crippen LogP contribution in [-0.4, -0.2) is 37.7 Å². The highest BCUT2D eigenvalue weighted by atomic mass is 16.5. The first-order chi connectivity index (χ1) is 8.72. The van der Waals surface area contributed by atoms with Gasteiger partial charge >= 0.3 is 0 Å². The molecular weight excluding hydrogens is 226 g/mol. The van der Waals surface area contributed by atoms with Crippen LogP contribution in [-0.2, 0) is 0 Å². The number of benzene rings is 1. The summed E-state index contributed by atoms with van der Waals surface area (Å²) >= 11 is 0. The summed E-state index contributed by atoms with van der Waals surface area (Å²) in [6, 6.07) is 6.23. The smallest absolute Gasteiger partial charge is 0.122 e. The molecule has 1 aromatic rings. The molecule has 1 unspecified atom stereocenters. The van der Waals surface area contributed by atoms with E-state index in [9.17, 15) is 0 Å². The molecule has 2 rings (SSSR count). The Bertz CT molecular complexity index is 389. The summed E-state index contributed by atoms with van der Waals surface area (Å²) < 4.78 is 5.55. The molecule has 1 saturated heterocycles. The molecule has 0 amide bonds. The van der Waals surface area contributed by atoms with Crippen LogP contribution < -0.4 is 15.8 Å². The van der Waals surface area contributed by atoms with Crippen LogP contribution in [0.3, 0.4) is 0 Å². The zero-order valence-corrected chi connectivity index (χ0v) is 11.3. The predicted molar refractivity (Wildman–Crippen MR) is 73.7 cm³/mol. The standard InChI is InChI=1S/C14H23N3O/c1-3-18-13-5-4-12(10-11(13)2)14(15)17-8-6-16-7-9-17/h4-5,10,14,16H,3,6-9,15H2,1-2H3. The molecule has 1 fully saturated rings. The van der Waals surface area contributed by atoms with E-state index in [1.165, 1.54) is 0 Å². The van der Waals surface area contributed by atoms with Gasteiger partial charge in [-0.1, -0.05) is 6.07 Å². The molecule has 0 radical (unpaired) electrons. The van der Waals surface area contributed by atoms with Gasteiger partial charge in [-0.05, 0) is 37.1 Å². The molecule has 1 aliphatic rings. The number of nitrogens with zero attached hydrogens (tertiary/aromatic N) is 1. The third kappa shape index (κ3) is 3.02. The van der Waals surface area contributed by atoms with Crippen LogP contribution >= 0.6 is 0 Å². The second-order valence-electron chi connectivity index (χ2n) is 4.69. The van der Waals surface area contributed by atoms with E-state index >= 15 is 0 Å². The molecule has 1 aromatic carbocycles. The zero-order chi connectivity index (χ0) is 13.0. The first-order valence-electron chi connectivity index (χ1n) is 6.66. The molecule has 4 heteroatoms. The van der Waals surface area contributed by atoms with Crippen molar-refractivity contribution in [1.82, 2.24) is 10.2 Å². The molecule has 4 nitrogen and oxygen atoms in total. The van der Waals surface area contributed by atoms with Crippen LogP contribution in [0.2, 0.25) is 0 Å². The van der Waals surface area contributed by atoms with E-state index in [-0.39, 0.29) is 6.17 Å². The molecule has 0 spiro atoms. The fourth-order valence-corrected chi connectivity index (χ4v) is 2.35. The van der Waals surface area contributed by atoms with Gasteiger partial charge in [-0.3, -0.25) is 4.90 Å². The quantitative estimate of drug-likeness (QED) is 0.843. The van der Waals surface area contributed by atoms with E-state index in [0.717, 1.165) is 43.1 Å². The van der Waals surface area contributed by atoms with Gasteiger partial charge in [0.2, 0.25) is 0 Å². The van der Waals surface area contributed by atoms with Crippen LogP contribution in [0.15, 0.2) is 18.2 Å². The van der Waals surface area contributed by atoms with Gasteiger partial charge in [0, 0.05) is 26.2 Å². The number of aryl methyl sites for hydroxylation is 1. The average molecular weight is 249 g/mol. The van der Waals surface area contributed by atoms with Gasteiger partial charge in [-0.15, -0.1) is 0 Å². The largest absolute Gasteiger partial charge is 0.494 e. The number of rotatable bonds is 4. The second-order valence-corrected chi connectivity index (χ2v) is 4.69. The number of piperazine rings is 1. The maximum absolute atomic E-state index is 6.32. The van der Waals surface area contributed by atoms with Crippen molar-refractivity contribution in [2.24, 2.45) is 5.73 Å². The SMILES string of the molecule is CCOc1ccc(C(N)N2CCNCC2)cc1C. The topological polar surface area (TPSA) is 50.5 Å². The summed E-state index contributed by atoms with van der Waals surface area (Å²) in [5, 5.41) is 3.34. The highest BCUT2D eigenvalue weighted by Crippen LogP contribution is 2.23. The first kappa shape index (κ1) is 13.3. The van der Waals surface area contributed by atoms with Gasteiger partial charge < -0.3 is 15.8 Å². The van der Waals surface area contributed by atoms with Gasteiger partial charge in [0.05, 0.1) is 12.8 Å². The molecule has 0 saturated carbocycles. The molecule has 1 heterocycles. The lowest BCUT2D eigenvalue weighted by atomic mass is 10.1. The Balaban J connectivity index is 2.10. The van der Waals surface area contributed by atoms with Crippen molar-refractivity contribution in [3.63, 3.8) is 0 Å². The van der Waals surface area contributed by atoms with Gasteiger partial charge in [0.25, 0.3) is 0 Å². The van der Waals surface area contributed by atoms with E-state index in [0.29, 0.717) is 6.61 Å². The Kier molecular flexibility index (Phi) is 4.58. The molecule has 0 aliphatic carbocycles. The summed E-state index contributed by atoms with van der Waals surface area (Å²) in [6.07, 6.45) is -0.0125. The number of ether oxygens (including phenoxy) is 1. The number of hydrogen-bond acceptors (Lipinski definition) is 4. The molecule has 100 valence electrons. The molecule has 1 atom stereocenters. The molecule has 3 N–H and O–H groups in total. The van der Waals surface area contributed by atoms with Gasteiger partial charge in [0.15, 0.2) is 0 Å². The van der Waals surface area contributed by atoms with Crippen molar-refractivity contribution in [2.45, 2.75) is 20.0 Å². The Morgan fingerprint density at radius 2 is 2.11 bits per heavy atom. The van der Waals surface area contributed by atoms with Crippen LogP contribution in [0.5, 0.6) is 5.75 Å². The van der Waals surface area contributed by atoms with Crippen molar-refractivity contribution >= 4 is 0 Å². The van der Waals surface area contributed by atoms with Crippen LogP contribution in [0.25, 0.3) is 0 Å². The van der Waals surface area contributed by atoms with Crippen LogP contribution in [0.1, 0.15) is 24.2 Å². The fourth-order valence-electron chi connectivity index (χ4n) is 2.35. The number of nitrogens with two attached hydrogens (primary N) is 1. The summed E-state index contributed by atoms with van der Waals surface area (Å²) in [4.78, 5) is 2.31. The van der Waals surface area contributed by atoms with Crippen molar-refractivity contribution in [3.8, 4) is 5.75 Å². The maximum Gasteiger partial charge on any atom is 0.122 e. The first-order valence-corrected chi connectivity index (χ1v) is 6.66. The summed E-state index contributed by atoms with van der Waals surface area (Å²) in [5.41, 5.74) is 8.64. The van der Waals surface area contributed by atoms with Gasteiger partial charge in [-0.2, -0.15) is 0 Å². The number of nitrogens with one attached hydrogen (secondary N) is 1. The third-order valence-electron chi connectivity index (χ3n) is 3.39. The van der Waals surface area contributed by atoms with E-state index in [1.807, 2.05) is 13.0 Å². The number of hydrogen-bond donors (Lipinski definition) is 2. The molecule has 0 bridgehead atoms. The third-order valence-corrected chi connectivity index (χ3v) is 3.39. The minimum Gasteiger partial charge on any atom is -0.494 e. The molecule has 1 aliphatic heterocycles. The van der Waals surface area contributed by atoms with Crippen LogP contribution in [0.4, 0.5) is 0 Å². The van der Waals surface area contributed by atoms with Crippen LogP contribution in [0, 0.1) is 6.92 Å². The molecule has 0 aromatic heterocycles. The highest BCUT2D eigenvalue weighted by molar-refractivity contribution is 5.37. The normalized spacial score (nSPS) is 18.6. The van der Waals surface area contributed by atoms with E-state index in [1.54, 1.807) is 0 Å². The van der Waals surface area contributed by atoms with E-state index in [4.69, 9.17) is 10.5 Å². The van der Waals surface area contributed by atoms with Crippen molar-refractivity contribution in [1.29, 1.82) is 0 Å². The van der Waals surface area contributed by atoms with Crippen molar-refractivity contribution in [3.05, 3.63) is 29.3 Å². The maximum atomic E-state index is 6.32. The minimum atomic E-state index is -0.0125. The fraction of sp³-hybridized carbons (Fsp3) is 0.571. The predicted octanol–water partition coefficient (Wildman–Crippen LogP) is 1.26. The molecule has 18 heavy (non-hydrogen) atoms. The van der Waals surface area contributed by atoms with Gasteiger partial charge in [0.1, 0.15) is 5.75 Å². The zero-order valence-electron chi connectivity index (χ0n) is 11.3. The van der Waals surface area contributed by atoms with Gasteiger partial charge in [-0.25, -0.2) is 0 Å². The molecular formula is C14H23N3O. The monoisotopic (exact) mass is 249 g/mol. The lowest BCUT2D eigenvalue weighted by Crippen LogP contribution is -2.47. The summed E-state index contributed by atoms with van der Waals surface area (Å²) in [7, 11) is 0. The van der Waals surface area contributed by atoms with E-state index in [2.05, 4.69) is 29.3 Å².